The van der Waals surface area contributed by atoms with Gasteiger partial charge in [0.1, 0.15) is 18.4 Å². The van der Waals surface area contributed by atoms with Crippen molar-refractivity contribution in [3.8, 4) is 5.75 Å². The van der Waals surface area contributed by atoms with Crippen molar-refractivity contribution in [1.29, 1.82) is 0 Å². The fourth-order valence-corrected chi connectivity index (χ4v) is 4.28. The van der Waals surface area contributed by atoms with E-state index < -0.39 is 39.1 Å². The number of halogens is 1. The molecular weight excluding hydrogens is 530 g/mol. The highest BCUT2D eigenvalue weighted by Crippen LogP contribution is 2.26. The Morgan fingerprint density at radius 3 is 2.38 bits per heavy atom. The molecule has 1 aliphatic rings. The van der Waals surface area contributed by atoms with Gasteiger partial charge in [0, 0.05) is 23.7 Å². The predicted octanol–water partition coefficient (Wildman–Crippen LogP) is 4.49. The van der Waals surface area contributed by atoms with Gasteiger partial charge < -0.3 is 9.64 Å². The van der Waals surface area contributed by atoms with Crippen molar-refractivity contribution in [3.63, 3.8) is 0 Å². The minimum Gasteiger partial charge on any atom is -0.489 e. The number of nitro benzene ring substituents is 2. The maximum atomic E-state index is 13.0. The van der Waals surface area contributed by atoms with Crippen LogP contribution < -0.4 is 10.2 Å². The minimum atomic E-state index is -0.879. The number of nitrogens with zero attached hydrogens (tertiary/aromatic N) is 4. The van der Waals surface area contributed by atoms with Gasteiger partial charge in [0.05, 0.1) is 27.7 Å². The lowest BCUT2D eigenvalue weighted by Gasteiger charge is -2.23. The second-order valence-electron chi connectivity index (χ2n) is 8.63. The topological polar surface area (TPSA) is 157 Å². The normalized spacial score (nSPS) is 14.8. The van der Waals surface area contributed by atoms with Crippen molar-refractivity contribution in [1.82, 2.24) is 10.3 Å². The molecule has 2 amide bonds. The molecule has 0 aromatic heterocycles. The van der Waals surface area contributed by atoms with Gasteiger partial charge in [0.25, 0.3) is 23.2 Å². The van der Waals surface area contributed by atoms with Gasteiger partial charge in [-0.25, -0.2) is 5.43 Å². The molecule has 12 nitrogen and oxygen atoms in total. The third-order valence-corrected chi connectivity index (χ3v) is 6.19. The molecule has 200 valence electrons. The minimum absolute atomic E-state index is 0.216. The summed E-state index contributed by atoms with van der Waals surface area (Å²) in [6, 6.07) is 16.2. The largest absolute Gasteiger partial charge is 0.489 e. The number of benzene rings is 3. The zero-order valence-corrected chi connectivity index (χ0v) is 21.1. The van der Waals surface area contributed by atoms with Crippen LogP contribution in [0.1, 0.15) is 34.3 Å². The summed E-state index contributed by atoms with van der Waals surface area (Å²) < 4.78 is 5.74. The number of non-ortho nitro benzene ring substituents is 2. The van der Waals surface area contributed by atoms with Crippen LogP contribution in [0, 0.1) is 20.2 Å². The molecule has 39 heavy (non-hydrogen) atoms. The van der Waals surface area contributed by atoms with Gasteiger partial charge in [0.15, 0.2) is 0 Å². The first kappa shape index (κ1) is 27.2. The molecule has 1 atom stereocenters. The lowest BCUT2D eigenvalue weighted by Crippen LogP contribution is -2.44. The van der Waals surface area contributed by atoms with E-state index in [1.165, 1.54) is 11.1 Å². The van der Waals surface area contributed by atoms with Gasteiger partial charge in [-0.15, -0.1) is 0 Å². The number of ether oxygens (including phenoxy) is 1. The molecule has 3 aromatic carbocycles. The maximum Gasteiger partial charge on any atom is 0.277 e. The van der Waals surface area contributed by atoms with Crippen LogP contribution in [-0.4, -0.2) is 45.4 Å². The molecule has 0 aliphatic carbocycles. The molecule has 0 radical (unpaired) electrons. The second kappa shape index (κ2) is 12.1. The highest BCUT2D eigenvalue weighted by Gasteiger charge is 2.35. The van der Waals surface area contributed by atoms with Gasteiger partial charge in [-0.05, 0) is 60.4 Å². The molecule has 3 aromatic rings. The van der Waals surface area contributed by atoms with Crippen LogP contribution in [0.5, 0.6) is 5.75 Å². The molecule has 1 N–H and O–H groups in total. The molecule has 1 heterocycles. The standard InChI is InChI=1S/C26H22ClN5O7/c27-20-4-1-3-18(11-20)16-39-23-8-6-17(7-9-23)15-28-29-25(33)24-5-2-10-30(24)26(34)19-12-21(31(35)36)14-22(13-19)32(37)38/h1,3-4,6-9,11-15,24H,2,5,10,16H2,(H,29,33). The lowest BCUT2D eigenvalue weighted by atomic mass is 10.1. The number of carbonyl (C=O) groups excluding carboxylic acids is 2. The molecular formula is C26H22ClN5O7. The van der Waals surface area contributed by atoms with Crippen LogP contribution in [0.15, 0.2) is 71.8 Å². The SMILES string of the molecule is O=C(NN=Cc1ccc(OCc2cccc(Cl)c2)cc1)C1CCCN1C(=O)c1cc([N+](=O)[O-])cc([N+](=O)[O-])c1. The number of hydrogen-bond acceptors (Lipinski definition) is 8. The summed E-state index contributed by atoms with van der Waals surface area (Å²) >= 11 is 5.98. The van der Waals surface area contributed by atoms with E-state index in [2.05, 4.69) is 10.5 Å². The quantitative estimate of drug-likeness (QED) is 0.233. The molecule has 1 saturated heterocycles. The number of nitrogens with one attached hydrogen (secondary N) is 1. The highest BCUT2D eigenvalue weighted by molar-refractivity contribution is 6.30. The third kappa shape index (κ3) is 6.93. The van der Waals surface area contributed by atoms with Gasteiger partial charge in [-0.2, -0.15) is 5.10 Å². The van der Waals surface area contributed by atoms with Crippen LogP contribution in [-0.2, 0) is 11.4 Å². The van der Waals surface area contributed by atoms with E-state index in [-0.39, 0.29) is 12.1 Å². The van der Waals surface area contributed by atoms with Gasteiger partial charge >= 0.3 is 0 Å². The van der Waals surface area contributed by atoms with Crippen LogP contribution in [0.4, 0.5) is 11.4 Å². The van der Waals surface area contributed by atoms with Crippen LogP contribution >= 0.6 is 11.6 Å². The molecule has 1 aliphatic heterocycles. The molecule has 0 spiro atoms. The van der Waals surface area contributed by atoms with Crippen LogP contribution in [0.25, 0.3) is 0 Å². The first-order valence-electron chi connectivity index (χ1n) is 11.8. The van der Waals surface area contributed by atoms with E-state index in [0.29, 0.717) is 35.8 Å². The Hall–Kier alpha value is -4.84. The van der Waals surface area contributed by atoms with Crippen molar-refractivity contribution in [3.05, 3.63) is 109 Å². The molecule has 0 bridgehead atoms. The van der Waals surface area contributed by atoms with E-state index >= 15 is 0 Å². The van der Waals surface area contributed by atoms with E-state index in [1.54, 1.807) is 30.3 Å². The lowest BCUT2D eigenvalue weighted by molar-refractivity contribution is -0.394. The summed E-state index contributed by atoms with van der Waals surface area (Å²) in [4.78, 5) is 47.7. The summed E-state index contributed by atoms with van der Waals surface area (Å²) in [5, 5.41) is 26.9. The summed E-state index contributed by atoms with van der Waals surface area (Å²) in [7, 11) is 0. The van der Waals surface area contributed by atoms with Crippen molar-refractivity contribution >= 4 is 41.0 Å². The number of likely N-dealkylation sites (tertiary alicyclic amines) is 1. The Morgan fingerprint density at radius 1 is 1.05 bits per heavy atom. The van der Waals surface area contributed by atoms with E-state index in [0.717, 1.165) is 23.8 Å². The molecule has 1 unspecified atom stereocenters. The van der Waals surface area contributed by atoms with Gasteiger partial charge in [-0.3, -0.25) is 29.8 Å². The molecule has 0 saturated carbocycles. The smallest absolute Gasteiger partial charge is 0.277 e. The zero-order valence-electron chi connectivity index (χ0n) is 20.4. The zero-order chi connectivity index (χ0) is 27.9. The van der Waals surface area contributed by atoms with Crippen molar-refractivity contribution < 1.29 is 24.2 Å². The van der Waals surface area contributed by atoms with Crippen LogP contribution in [0.3, 0.4) is 0 Å². The maximum absolute atomic E-state index is 13.0. The first-order valence-corrected chi connectivity index (χ1v) is 12.1. The number of carbonyl (C=O) groups is 2. The molecule has 1 fully saturated rings. The van der Waals surface area contributed by atoms with E-state index in [4.69, 9.17) is 16.3 Å². The number of nitro groups is 2. The Kier molecular flexibility index (Phi) is 8.46. The Bertz CT molecular complexity index is 1410. The van der Waals surface area contributed by atoms with Crippen LogP contribution in [0.2, 0.25) is 5.02 Å². The average molecular weight is 552 g/mol. The second-order valence-corrected chi connectivity index (χ2v) is 9.07. The fraction of sp³-hybridized carbons (Fsp3) is 0.192. The number of hydrogen-bond donors (Lipinski definition) is 1. The number of amides is 2. The van der Waals surface area contributed by atoms with Crippen molar-refractivity contribution in [2.24, 2.45) is 5.10 Å². The average Bonchev–Trinajstić information content (AvgIpc) is 3.42. The third-order valence-electron chi connectivity index (χ3n) is 5.95. The summed E-state index contributed by atoms with van der Waals surface area (Å²) in [6.45, 7) is 0.568. The first-order chi connectivity index (χ1) is 18.7. The van der Waals surface area contributed by atoms with E-state index in [1.807, 2.05) is 18.2 Å². The summed E-state index contributed by atoms with van der Waals surface area (Å²) in [6.07, 6.45) is 2.30. The fourth-order valence-electron chi connectivity index (χ4n) is 4.07. The number of hydrazone groups is 1. The Balaban J connectivity index is 1.36. The van der Waals surface area contributed by atoms with Gasteiger partial charge in [-0.1, -0.05) is 23.7 Å². The van der Waals surface area contributed by atoms with Crippen molar-refractivity contribution in [2.75, 3.05) is 6.54 Å². The molecule has 13 heteroatoms. The van der Waals surface area contributed by atoms with Crippen molar-refractivity contribution in [2.45, 2.75) is 25.5 Å². The Morgan fingerprint density at radius 2 is 1.74 bits per heavy atom. The summed E-state index contributed by atoms with van der Waals surface area (Å²) in [5.41, 5.74) is 2.62. The van der Waals surface area contributed by atoms with E-state index in [9.17, 15) is 29.8 Å². The monoisotopic (exact) mass is 551 g/mol. The molecule has 4 rings (SSSR count). The summed E-state index contributed by atoms with van der Waals surface area (Å²) in [5.74, 6) is -0.618. The number of rotatable bonds is 9. The predicted molar refractivity (Wildman–Crippen MR) is 142 cm³/mol. The Labute approximate surface area is 227 Å². The highest BCUT2D eigenvalue weighted by atomic mass is 35.5. The van der Waals surface area contributed by atoms with Gasteiger partial charge in [0.2, 0.25) is 0 Å².